The number of sulfonamides is 1. The molecule has 1 aromatic carbocycles. The van der Waals surface area contributed by atoms with Gasteiger partial charge in [-0.2, -0.15) is 4.98 Å². The number of hydrogen-bond acceptors (Lipinski definition) is 9. The molecule has 0 spiro atoms. The van der Waals surface area contributed by atoms with Crippen LogP contribution in [0.4, 0.5) is 4.39 Å². The van der Waals surface area contributed by atoms with E-state index in [1.165, 1.54) is 6.07 Å². The van der Waals surface area contributed by atoms with E-state index in [0.717, 1.165) is 18.2 Å². The molecule has 4 heterocycles. The molecule has 2 saturated heterocycles. The van der Waals surface area contributed by atoms with Gasteiger partial charge in [0, 0.05) is 12.6 Å². The maximum atomic E-state index is 15.2. The van der Waals surface area contributed by atoms with Crippen molar-refractivity contribution in [3.63, 3.8) is 0 Å². The van der Waals surface area contributed by atoms with Gasteiger partial charge in [-0.15, -0.1) is 0 Å². The molecule has 11 nitrogen and oxygen atoms in total. The van der Waals surface area contributed by atoms with Crippen molar-refractivity contribution >= 4 is 32.8 Å². The molecule has 2 aromatic heterocycles. The number of nitrogens with one attached hydrogen (secondary N) is 2. The Morgan fingerprint density at radius 3 is 2.87 bits per heavy atom. The normalized spacial score (nSPS) is 26.2. The van der Waals surface area contributed by atoms with Gasteiger partial charge in [0.05, 0.1) is 35.7 Å². The van der Waals surface area contributed by atoms with Gasteiger partial charge in [0.15, 0.2) is 11.8 Å². The Bertz CT molecular complexity index is 1500. The lowest BCUT2D eigenvalue weighted by Crippen LogP contribution is -2.34. The Hall–Kier alpha value is -2.55. The standard InChI is InChI=1S/C25H28ClFN4O7S/c1-39(33,34)28-4-5-35-14-6-12-2-3-13(21(12)16(27)8-14)7-17-15(26)9-18-24(29-17)31-25(30-18)38-20-11-37-22-19(32)10-36-23(20)22/h6,8-9,13,19-20,22-23,28,32H,2-5,7,10-11H2,1H3,(H,29,30,31)/t13?,19-,20-,22-,23-/m1/s1. The number of aliphatic hydroxyl groups is 1. The molecule has 0 radical (unpaired) electrons. The van der Waals surface area contributed by atoms with Gasteiger partial charge in [0.1, 0.15) is 36.5 Å². The topological polar surface area (TPSA) is 145 Å². The molecule has 210 valence electrons. The number of nitrogens with zero attached hydrogens (tertiary/aromatic N) is 2. The predicted molar refractivity (Wildman–Crippen MR) is 138 cm³/mol. The number of aromatic nitrogens is 3. The van der Waals surface area contributed by atoms with Crippen LogP contribution < -0.4 is 14.2 Å². The minimum Gasteiger partial charge on any atom is -0.492 e. The number of aryl methyl sites for hydroxylation is 1. The Kier molecular flexibility index (Phi) is 7.14. The fourth-order valence-corrected chi connectivity index (χ4v) is 6.20. The summed E-state index contributed by atoms with van der Waals surface area (Å²) in [5, 5.41) is 10.4. The zero-order valence-electron chi connectivity index (χ0n) is 21.0. The van der Waals surface area contributed by atoms with E-state index in [-0.39, 0.29) is 50.2 Å². The molecule has 0 amide bonds. The van der Waals surface area contributed by atoms with Gasteiger partial charge >= 0.3 is 0 Å². The van der Waals surface area contributed by atoms with E-state index in [9.17, 15) is 13.5 Å². The smallest absolute Gasteiger partial charge is 0.296 e. The van der Waals surface area contributed by atoms with E-state index in [0.29, 0.717) is 46.0 Å². The predicted octanol–water partition coefficient (Wildman–Crippen LogP) is 1.86. The molecular formula is C25H28ClFN4O7S. The molecule has 3 aromatic rings. The van der Waals surface area contributed by atoms with Gasteiger partial charge < -0.3 is 29.0 Å². The number of hydrogen-bond donors (Lipinski definition) is 3. The molecule has 14 heteroatoms. The first kappa shape index (κ1) is 26.7. The van der Waals surface area contributed by atoms with Crippen LogP contribution in [0.2, 0.25) is 5.02 Å². The molecule has 1 aliphatic carbocycles. The van der Waals surface area contributed by atoms with Crippen LogP contribution in [0.5, 0.6) is 11.8 Å². The number of halogens is 2. The summed E-state index contributed by atoms with van der Waals surface area (Å²) in [5.41, 5.74) is 3.12. The average Bonchev–Trinajstić information content (AvgIpc) is 3.63. The minimum absolute atomic E-state index is 0.0909. The highest BCUT2D eigenvalue weighted by Gasteiger charge is 2.48. The van der Waals surface area contributed by atoms with Crippen LogP contribution in [0.1, 0.15) is 29.2 Å². The number of pyridine rings is 1. The summed E-state index contributed by atoms with van der Waals surface area (Å²) in [6, 6.07) is 5.12. The highest BCUT2D eigenvalue weighted by molar-refractivity contribution is 7.88. The fourth-order valence-electron chi connectivity index (χ4n) is 5.52. The van der Waals surface area contributed by atoms with Crippen molar-refractivity contribution in [1.29, 1.82) is 0 Å². The van der Waals surface area contributed by atoms with Gasteiger partial charge in [-0.1, -0.05) is 11.6 Å². The second kappa shape index (κ2) is 10.5. The highest BCUT2D eigenvalue weighted by atomic mass is 35.5. The zero-order valence-corrected chi connectivity index (χ0v) is 22.6. The number of imidazole rings is 1. The lowest BCUT2D eigenvalue weighted by atomic mass is 9.95. The van der Waals surface area contributed by atoms with Crippen LogP contribution in [0, 0.1) is 5.82 Å². The summed E-state index contributed by atoms with van der Waals surface area (Å²) in [5.74, 6) is -0.123. The van der Waals surface area contributed by atoms with Crippen LogP contribution in [0.15, 0.2) is 18.2 Å². The van der Waals surface area contributed by atoms with Crippen molar-refractivity contribution in [1.82, 2.24) is 19.7 Å². The number of H-pyrrole nitrogens is 1. The first-order valence-corrected chi connectivity index (χ1v) is 14.9. The number of aromatic amines is 1. The first-order valence-electron chi connectivity index (χ1n) is 12.7. The Morgan fingerprint density at radius 2 is 2.05 bits per heavy atom. The second-order valence-corrected chi connectivity index (χ2v) is 12.3. The molecule has 6 rings (SSSR count). The maximum absolute atomic E-state index is 15.2. The number of fused-ring (bicyclic) bond motifs is 3. The molecule has 3 N–H and O–H groups in total. The Balaban J connectivity index is 1.14. The monoisotopic (exact) mass is 582 g/mol. The number of rotatable bonds is 9. The average molecular weight is 583 g/mol. The van der Waals surface area contributed by atoms with Gasteiger partial charge in [-0.25, -0.2) is 22.5 Å². The van der Waals surface area contributed by atoms with Crippen LogP contribution in [0.3, 0.4) is 0 Å². The number of benzene rings is 1. The summed E-state index contributed by atoms with van der Waals surface area (Å²) >= 11 is 6.56. The van der Waals surface area contributed by atoms with Crippen molar-refractivity contribution in [3.05, 3.63) is 45.9 Å². The highest BCUT2D eigenvalue weighted by Crippen LogP contribution is 2.40. The summed E-state index contributed by atoms with van der Waals surface area (Å²) < 4.78 is 62.6. The maximum Gasteiger partial charge on any atom is 0.296 e. The van der Waals surface area contributed by atoms with Crippen molar-refractivity contribution in [3.8, 4) is 11.8 Å². The molecule has 2 fully saturated rings. The van der Waals surface area contributed by atoms with Crippen molar-refractivity contribution in [2.45, 2.75) is 49.6 Å². The van der Waals surface area contributed by atoms with E-state index in [2.05, 4.69) is 19.7 Å². The molecule has 5 atom stereocenters. The van der Waals surface area contributed by atoms with Gasteiger partial charge in [0.25, 0.3) is 6.01 Å². The van der Waals surface area contributed by atoms with Crippen molar-refractivity contribution in [2.24, 2.45) is 0 Å². The van der Waals surface area contributed by atoms with Crippen LogP contribution in [-0.4, -0.2) is 85.5 Å². The fraction of sp³-hybridized carbons (Fsp3) is 0.520. The van der Waals surface area contributed by atoms with Crippen molar-refractivity contribution in [2.75, 3.05) is 32.6 Å². The van der Waals surface area contributed by atoms with E-state index in [1.54, 1.807) is 12.1 Å². The molecule has 1 unspecified atom stereocenters. The number of ether oxygens (including phenoxy) is 4. The van der Waals surface area contributed by atoms with E-state index in [4.69, 9.17) is 30.5 Å². The van der Waals surface area contributed by atoms with Gasteiger partial charge in [-0.05, 0) is 48.4 Å². The van der Waals surface area contributed by atoms with E-state index >= 15 is 4.39 Å². The summed E-state index contributed by atoms with van der Waals surface area (Å²) in [6.45, 7) is 0.671. The lowest BCUT2D eigenvalue weighted by molar-refractivity contribution is 0.00706. The summed E-state index contributed by atoms with van der Waals surface area (Å²) in [7, 11) is -3.31. The van der Waals surface area contributed by atoms with Crippen molar-refractivity contribution < 1.29 is 36.9 Å². The SMILES string of the molecule is CS(=O)(=O)NCCOc1cc(F)c2c(c1)CCC2Cc1nc2nc(O[C@@H]3CO[C@H]4[C@@H]3OC[C@H]4O)[nH]c2cc1Cl. The van der Waals surface area contributed by atoms with Crippen LogP contribution in [-0.2, 0) is 32.3 Å². The number of aliphatic hydroxyl groups excluding tert-OH is 1. The lowest BCUT2D eigenvalue weighted by Gasteiger charge is -2.15. The first-order chi connectivity index (χ1) is 18.6. The largest absolute Gasteiger partial charge is 0.492 e. The quantitative estimate of drug-likeness (QED) is 0.322. The molecule has 2 aliphatic heterocycles. The van der Waals surface area contributed by atoms with Gasteiger partial charge in [-0.3, -0.25) is 0 Å². The van der Waals surface area contributed by atoms with Crippen LogP contribution >= 0.6 is 11.6 Å². The summed E-state index contributed by atoms with van der Waals surface area (Å²) in [4.78, 5) is 12.2. The third-order valence-corrected chi connectivity index (χ3v) is 8.31. The van der Waals surface area contributed by atoms with Crippen LogP contribution in [0.25, 0.3) is 11.2 Å². The molecule has 3 aliphatic rings. The minimum atomic E-state index is -3.31. The zero-order chi connectivity index (χ0) is 27.3. The third kappa shape index (κ3) is 5.56. The van der Waals surface area contributed by atoms with E-state index < -0.39 is 28.3 Å². The molecule has 39 heavy (non-hydrogen) atoms. The molecule has 0 bridgehead atoms. The molecular weight excluding hydrogens is 555 g/mol. The van der Waals surface area contributed by atoms with Gasteiger partial charge in [0.2, 0.25) is 10.0 Å². The Morgan fingerprint density at radius 1 is 1.23 bits per heavy atom. The summed E-state index contributed by atoms with van der Waals surface area (Å²) in [6.07, 6.45) is 1.05. The van der Waals surface area contributed by atoms with E-state index in [1.807, 2.05) is 0 Å². The Labute approximate surface area is 229 Å². The third-order valence-electron chi connectivity index (χ3n) is 7.26. The molecule has 0 saturated carbocycles. The second-order valence-electron chi connectivity index (χ2n) is 10.1.